The number of anilines is 1. The van der Waals surface area contributed by atoms with Crippen molar-refractivity contribution in [1.29, 1.82) is 0 Å². The highest BCUT2D eigenvalue weighted by Gasteiger charge is 2.10. The fraction of sp³-hybridized carbons (Fsp3) is 0.235. The van der Waals surface area contributed by atoms with E-state index in [1.165, 1.54) is 29.7 Å². The number of aryl methyl sites for hydroxylation is 2. The first-order chi connectivity index (χ1) is 10.6. The summed E-state index contributed by atoms with van der Waals surface area (Å²) in [6, 6.07) is 10.4. The topological polar surface area (TPSA) is 70.6 Å². The SMILES string of the molecule is NC(=NCc1ccc(O)c(F)c1)Nc1ccc2c(c1)CCC2. The summed E-state index contributed by atoms with van der Waals surface area (Å²) in [6.45, 7) is 0.251. The molecular weight excluding hydrogens is 281 g/mol. The summed E-state index contributed by atoms with van der Waals surface area (Å²) in [4.78, 5) is 4.19. The Hall–Kier alpha value is -2.56. The van der Waals surface area contributed by atoms with E-state index in [1.54, 1.807) is 6.07 Å². The van der Waals surface area contributed by atoms with Crippen LogP contribution in [0.25, 0.3) is 0 Å². The third-order valence-electron chi connectivity index (χ3n) is 3.81. The lowest BCUT2D eigenvalue weighted by Crippen LogP contribution is -2.22. The Balaban J connectivity index is 1.66. The van der Waals surface area contributed by atoms with Gasteiger partial charge >= 0.3 is 0 Å². The maximum Gasteiger partial charge on any atom is 0.193 e. The fourth-order valence-corrected chi connectivity index (χ4v) is 2.66. The highest BCUT2D eigenvalue weighted by molar-refractivity contribution is 5.92. The number of rotatable bonds is 3. The summed E-state index contributed by atoms with van der Waals surface area (Å²) in [5.41, 5.74) is 10.2. The molecule has 0 aromatic heterocycles. The van der Waals surface area contributed by atoms with E-state index in [9.17, 15) is 4.39 Å². The zero-order valence-corrected chi connectivity index (χ0v) is 12.1. The zero-order valence-electron chi connectivity index (χ0n) is 12.1. The number of nitrogens with two attached hydrogens (primary N) is 1. The first-order valence-electron chi connectivity index (χ1n) is 7.28. The number of aromatic hydroxyl groups is 1. The first-order valence-corrected chi connectivity index (χ1v) is 7.28. The van der Waals surface area contributed by atoms with Gasteiger partial charge in [-0.2, -0.15) is 0 Å². The highest BCUT2D eigenvalue weighted by Crippen LogP contribution is 2.24. The molecule has 3 rings (SSSR count). The number of benzene rings is 2. The fourth-order valence-electron chi connectivity index (χ4n) is 2.66. The van der Waals surface area contributed by atoms with E-state index in [0.717, 1.165) is 18.5 Å². The van der Waals surface area contributed by atoms with E-state index in [1.807, 2.05) is 6.07 Å². The smallest absolute Gasteiger partial charge is 0.193 e. The molecule has 0 spiro atoms. The summed E-state index contributed by atoms with van der Waals surface area (Å²) in [5.74, 6) is -0.735. The Morgan fingerprint density at radius 3 is 2.82 bits per heavy atom. The van der Waals surface area contributed by atoms with Crippen molar-refractivity contribution in [2.45, 2.75) is 25.8 Å². The van der Waals surface area contributed by atoms with Crippen LogP contribution >= 0.6 is 0 Å². The van der Waals surface area contributed by atoms with Crippen LogP contribution in [0.4, 0.5) is 10.1 Å². The van der Waals surface area contributed by atoms with Gasteiger partial charge in [0, 0.05) is 5.69 Å². The van der Waals surface area contributed by atoms with Crippen LogP contribution in [0.2, 0.25) is 0 Å². The van der Waals surface area contributed by atoms with E-state index in [0.29, 0.717) is 5.56 Å². The summed E-state index contributed by atoms with van der Waals surface area (Å²) in [7, 11) is 0. The van der Waals surface area contributed by atoms with Gasteiger partial charge in [0.05, 0.1) is 6.54 Å². The molecule has 0 saturated heterocycles. The van der Waals surface area contributed by atoms with Crippen LogP contribution in [0.1, 0.15) is 23.1 Å². The van der Waals surface area contributed by atoms with E-state index >= 15 is 0 Å². The van der Waals surface area contributed by atoms with E-state index in [2.05, 4.69) is 22.4 Å². The molecule has 0 radical (unpaired) electrons. The van der Waals surface area contributed by atoms with Crippen molar-refractivity contribution in [3.8, 4) is 5.75 Å². The van der Waals surface area contributed by atoms with Gasteiger partial charge in [0.25, 0.3) is 0 Å². The maximum absolute atomic E-state index is 13.2. The minimum absolute atomic E-state index is 0.251. The number of halogens is 1. The monoisotopic (exact) mass is 299 g/mol. The molecule has 0 unspecified atom stereocenters. The van der Waals surface area contributed by atoms with Gasteiger partial charge in [-0.05, 0) is 60.2 Å². The number of nitrogens with one attached hydrogen (secondary N) is 1. The van der Waals surface area contributed by atoms with Gasteiger partial charge in [-0.1, -0.05) is 12.1 Å². The predicted molar refractivity (Wildman–Crippen MR) is 85.5 cm³/mol. The molecule has 1 aliphatic carbocycles. The largest absolute Gasteiger partial charge is 0.505 e. The third kappa shape index (κ3) is 3.19. The van der Waals surface area contributed by atoms with Crippen molar-refractivity contribution in [3.63, 3.8) is 0 Å². The quantitative estimate of drug-likeness (QED) is 0.603. The van der Waals surface area contributed by atoms with E-state index in [-0.39, 0.29) is 18.3 Å². The average molecular weight is 299 g/mol. The maximum atomic E-state index is 13.2. The molecule has 0 amide bonds. The Labute approximate surface area is 128 Å². The molecule has 22 heavy (non-hydrogen) atoms. The zero-order chi connectivity index (χ0) is 15.5. The summed E-state index contributed by atoms with van der Waals surface area (Å²) < 4.78 is 13.2. The molecule has 114 valence electrons. The summed E-state index contributed by atoms with van der Waals surface area (Å²) >= 11 is 0. The lowest BCUT2D eigenvalue weighted by atomic mass is 10.1. The number of phenolic OH excluding ortho intramolecular Hbond substituents is 1. The van der Waals surface area contributed by atoms with Gasteiger partial charge < -0.3 is 16.2 Å². The molecule has 0 aliphatic heterocycles. The van der Waals surface area contributed by atoms with Crippen molar-refractivity contribution in [1.82, 2.24) is 0 Å². The number of nitrogens with zero attached hydrogens (tertiary/aromatic N) is 1. The van der Waals surface area contributed by atoms with Crippen molar-refractivity contribution in [2.24, 2.45) is 10.7 Å². The van der Waals surface area contributed by atoms with Gasteiger partial charge in [-0.15, -0.1) is 0 Å². The van der Waals surface area contributed by atoms with Crippen molar-refractivity contribution in [2.75, 3.05) is 5.32 Å². The van der Waals surface area contributed by atoms with Crippen molar-refractivity contribution < 1.29 is 9.50 Å². The molecule has 0 atom stereocenters. The molecule has 4 N–H and O–H groups in total. The van der Waals surface area contributed by atoms with E-state index < -0.39 is 5.82 Å². The Bertz CT molecular complexity index is 728. The number of hydrogen-bond acceptors (Lipinski definition) is 2. The third-order valence-corrected chi connectivity index (χ3v) is 3.81. The van der Waals surface area contributed by atoms with Crippen LogP contribution in [0.15, 0.2) is 41.4 Å². The number of phenols is 1. The molecule has 0 bridgehead atoms. The molecule has 0 heterocycles. The molecule has 2 aromatic carbocycles. The summed E-state index contributed by atoms with van der Waals surface area (Å²) in [6.07, 6.45) is 3.45. The number of hydrogen-bond donors (Lipinski definition) is 3. The molecule has 5 heteroatoms. The molecule has 4 nitrogen and oxygen atoms in total. The second-order valence-electron chi connectivity index (χ2n) is 5.45. The Kier molecular flexibility index (Phi) is 3.96. The molecule has 0 fully saturated rings. The lowest BCUT2D eigenvalue weighted by Gasteiger charge is -2.08. The van der Waals surface area contributed by atoms with Crippen LogP contribution in [-0.4, -0.2) is 11.1 Å². The minimum Gasteiger partial charge on any atom is -0.505 e. The number of aliphatic imine (C=N–C) groups is 1. The van der Waals surface area contributed by atoms with Gasteiger partial charge in [0.2, 0.25) is 0 Å². The number of guanidine groups is 1. The van der Waals surface area contributed by atoms with Crippen molar-refractivity contribution >= 4 is 11.6 Å². The van der Waals surface area contributed by atoms with Crippen molar-refractivity contribution in [3.05, 3.63) is 58.9 Å². The second-order valence-corrected chi connectivity index (χ2v) is 5.45. The average Bonchev–Trinajstić information content (AvgIpc) is 2.96. The Morgan fingerprint density at radius 1 is 1.18 bits per heavy atom. The van der Waals surface area contributed by atoms with E-state index in [4.69, 9.17) is 10.8 Å². The number of fused-ring (bicyclic) bond motifs is 1. The van der Waals surface area contributed by atoms with Crippen LogP contribution < -0.4 is 11.1 Å². The first kappa shape index (κ1) is 14.4. The normalized spacial score (nSPS) is 14.0. The highest BCUT2D eigenvalue weighted by atomic mass is 19.1. The standard InChI is InChI=1S/C17H18FN3O/c18-15-8-11(4-7-16(15)22)10-20-17(19)21-14-6-5-12-2-1-3-13(12)9-14/h4-9,22H,1-3,10H2,(H3,19,20,21). The molecule has 1 aliphatic rings. The van der Waals surface area contributed by atoms with Gasteiger partial charge in [0.1, 0.15) is 0 Å². The van der Waals surface area contributed by atoms with Crippen LogP contribution in [0, 0.1) is 5.82 Å². The van der Waals surface area contributed by atoms with Gasteiger partial charge in [-0.25, -0.2) is 9.38 Å². The Morgan fingerprint density at radius 2 is 2.00 bits per heavy atom. The van der Waals surface area contributed by atoms with Crippen LogP contribution in [-0.2, 0) is 19.4 Å². The van der Waals surface area contributed by atoms with Crippen LogP contribution in [0.5, 0.6) is 5.75 Å². The second kappa shape index (κ2) is 6.05. The summed E-state index contributed by atoms with van der Waals surface area (Å²) in [5, 5.41) is 12.2. The molecular formula is C17H18FN3O. The predicted octanol–water partition coefficient (Wildman–Crippen LogP) is 2.95. The van der Waals surface area contributed by atoms with Gasteiger partial charge in [0.15, 0.2) is 17.5 Å². The minimum atomic E-state index is -0.655. The lowest BCUT2D eigenvalue weighted by molar-refractivity contribution is 0.432. The molecule has 0 saturated carbocycles. The molecule has 2 aromatic rings. The van der Waals surface area contributed by atoms with Crippen LogP contribution in [0.3, 0.4) is 0 Å². The van der Waals surface area contributed by atoms with Gasteiger partial charge in [-0.3, -0.25) is 0 Å².